The molecule has 0 amide bonds. The lowest BCUT2D eigenvalue weighted by atomic mass is 9.90. The molecule has 2 aliphatic heterocycles. The maximum absolute atomic E-state index is 12.3. The van der Waals surface area contributed by atoms with Crippen LogP contribution in [0.5, 0.6) is 0 Å². The summed E-state index contributed by atoms with van der Waals surface area (Å²) in [6.07, 6.45) is 6.85. The molecule has 0 unspecified atom stereocenters. The number of hydrogen-bond acceptors (Lipinski definition) is 6. The summed E-state index contributed by atoms with van der Waals surface area (Å²) < 4.78 is 31.8. The molecule has 28 heavy (non-hydrogen) atoms. The lowest BCUT2D eigenvalue weighted by Crippen LogP contribution is -2.42. The van der Waals surface area contributed by atoms with Gasteiger partial charge in [-0.1, -0.05) is 17.3 Å². The lowest BCUT2D eigenvalue weighted by molar-refractivity contribution is 0.271. The zero-order chi connectivity index (χ0) is 19.7. The average Bonchev–Trinajstić information content (AvgIpc) is 3.12. The number of benzene rings is 1. The molecule has 0 bridgehead atoms. The summed E-state index contributed by atoms with van der Waals surface area (Å²) in [5.74, 6) is 1.33. The fourth-order valence-electron chi connectivity index (χ4n) is 3.95. The molecule has 3 heterocycles. The van der Waals surface area contributed by atoms with Crippen molar-refractivity contribution in [2.24, 2.45) is 5.92 Å². The first kappa shape index (κ1) is 19.4. The highest BCUT2D eigenvalue weighted by atomic mass is 32.2. The maximum Gasteiger partial charge on any atom is 0.216 e. The van der Waals surface area contributed by atoms with Crippen molar-refractivity contribution >= 4 is 26.8 Å². The van der Waals surface area contributed by atoms with E-state index in [2.05, 4.69) is 28.7 Å². The highest BCUT2D eigenvalue weighted by Crippen LogP contribution is 2.30. The minimum atomic E-state index is -3.14. The minimum Gasteiger partial charge on any atom is -0.354 e. The van der Waals surface area contributed by atoms with Crippen LogP contribution in [0, 0.1) is 5.92 Å². The van der Waals surface area contributed by atoms with Gasteiger partial charge < -0.3 is 9.42 Å². The molecule has 4 rings (SSSR count). The van der Waals surface area contributed by atoms with Crippen molar-refractivity contribution < 1.29 is 12.9 Å². The van der Waals surface area contributed by atoms with Gasteiger partial charge in [-0.05, 0) is 56.7 Å². The van der Waals surface area contributed by atoms with Crippen LogP contribution in [0.2, 0.25) is 0 Å². The van der Waals surface area contributed by atoms with E-state index in [1.165, 1.54) is 5.56 Å². The zero-order valence-electron chi connectivity index (χ0n) is 16.5. The van der Waals surface area contributed by atoms with Gasteiger partial charge in [-0.3, -0.25) is 5.32 Å². The van der Waals surface area contributed by atoms with Gasteiger partial charge in [0.15, 0.2) is 11.4 Å². The van der Waals surface area contributed by atoms with Crippen molar-refractivity contribution in [3.05, 3.63) is 36.0 Å². The monoisotopic (exact) mass is 404 g/mol. The summed E-state index contributed by atoms with van der Waals surface area (Å²) in [5.41, 5.74) is 2.03. The van der Waals surface area contributed by atoms with E-state index in [0.29, 0.717) is 25.7 Å². The summed E-state index contributed by atoms with van der Waals surface area (Å²) in [7, 11) is -3.14. The van der Waals surface area contributed by atoms with Gasteiger partial charge >= 0.3 is 0 Å². The number of rotatable bonds is 5. The maximum atomic E-state index is 12.3. The number of nitrogens with one attached hydrogen (secondary N) is 1. The Balaban J connectivity index is 1.46. The Morgan fingerprint density at radius 3 is 2.75 bits per heavy atom. The van der Waals surface area contributed by atoms with Gasteiger partial charge in [-0.2, -0.15) is 0 Å². The number of anilines is 1. The third-order valence-electron chi connectivity index (χ3n) is 5.67. The number of hydrogen-bond donors (Lipinski definition) is 1. The lowest BCUT2D eigenvalue weighted by Gasteiger charge is -2.32. The van der Waals surface area contributed by atoms with E-state index in [9.17, 15) is 8.42 Å². The predicted molar refractivity (Wildman–Crippen MR) is 111 cm³/mol. The van der Waals surface area contributed by atoms with Crippen LogP contribution in [-0.4, -0.2) is 49.4 Å². The molecule has 1 N–H and O–H groups in total. The van der Waals surface area contributed by atoms with Crippen LogP contribution in [0.15, 0.2) is 35.0 Å². The molecule has 1 saturated heterocycles. The molecular formula is C20H28N4O3S. The van der Waals surface area contributed by atoms with E-state index in [0.717, 1.165) is 42.6 Å². The third kappa shape index (κ3) is 3.81. The van der Waals surface area contributed by atoms with E-state index >= 15 is 0 Å². The van der Waals surface area contributed by atoms with Gasteiger partial charge in [0.1, 0.15) is 0 Å². The average molecular weight is 405 g/mol. The molecule has 0 saturated carbocycles. The van der Waals surface area contributed by atoms with Crippen molar-refractivity contribution in [1.82, 2.24) is 14.8 Å². The van der Waals surface area contributed by atoms with E-state index in [4.69, 9.17) is 4.52 Å². The van der Waals surface area contributed by atoms with Crippen molar-refractivity contribution in [3.8, 4) is 0 Å². The first-order valence-electron chi connectivity index (χ1n) is 9.96. The fourth-order valence-corrected chi connectivity index (χ4v) is 5.27. The summed E-state index contributed by atoms with van der Waals surface area (Å²) >= 11 is 0. The molecule has 0 aliphatic carbocycles. The standard InChI is InChI=1S/C20H28N4O3S/c1-15(2)28(25,26)24-10-6-16(7-11-24)12-17-4-5-19-18(13-17)20(22-27-19)23-9-3-8-21-14-23/h3-5,9,13,15-16,21H,6-8,10-12,14H2,1-2H3. The normalized spacial score (nSPS) is 19.8. The summed E-state index contributed by atoms with van der Waals surface area (Å²) in [4.78, 5) is 2.05. The van der Waals surface area contributed by atoms with Gasteiger partial charge in [0.2, 0.25) is 10.0 Å². The second-order valence-corrected chi connectivity index (χ2v) is 10.4. The van der Waals surface area contributed by atoms with Crippen LogP contribution in [0.1, 0.15) is 32.3 Å². The molecule has 1 aromatic carbocycles. The summed E-state index contributed by atoms with van der Waals surface area (Å²) in [5, 5.41) is 8.21. The summed E-state index contributed by atoms with van der Waals surface area (Å²) in [6, 6.07) is 6.25. The van der Waals surface area contributed by atoms with Gasteiger partial charge in [0.05, 0.1) is 17.3 Å². The third-order valence-corrected chi connectivity index (χ3v) is 7.95. The largest absolute Gasteiger partial charge is 0.354 e. The molecule has 0 radical (unpaired) electrons. The first-order chi connectivity index (χ1) is 13.4. The number of nitrogens with zero attached hydrogens (tertiary/aromatic N) is 3. The van der Waals surface area contributed by atoms with Crippen LogP contribution in [0.3, 0.4) is 0 Å². The Labute approximate surface area is 166 Å². The molecular weight excluding hydrogens is 376 g/mol. The number of piperidine rings is 1. The Morgan fingerprint density at radius 1 is 1.29 bits per heavy atom. The van der Waals surface area contributed by atoms with E-state index < -0.39 is 10.0 Å². The van der Waals surface area contributed by atoms with Crippen LogP contribution in [0.4, 0.5) is 5.82 Å². The van der Waals surface area contributed by atoms with Crippen LogP contribution < -0.4 is 10.2 Å². The molecule has 0 atom stereocenters. The molecule has 2 aliphatic rings. The molecule has 0 spiro atoms. The quantitative estimate of drug-likeness (QED) is 0.826. The SMILES string of the molecule is CC(C)S(=O)(=O)N1CCC(Cc2ccc3onc(N4C=CCNC4)c3c2)CC1. The molecule has 7 nitrogen and oxygen atoms in total. The highest BCUT2D eigenvalue weighted by molar-refractivity contribution is 7.89. The first-order valence-corrected chi connectivity index (χ1v) is 11.5. The Hall–Kier alpha value is -1.90. The van der Waals surface area contributed by atoms with Gasteiger partial charge in [0, 0.05) is 25.8 Å². The predicted octanol–water partition coefficient (Wildman–Crippen LogP) is 2.70. The van der Waals surface area contributed by atoms with Gasteiger partial charge in [0.25, 0.3) is 0 Å². The van der Waals surface area contributed by atoms with Crippen molar-refractivity contribution in [2.45, 2.75) is 38.4 Å². The van der Waals surface area contributed by atoms with Crippen LogP contribution >= 0.6 is 0 Å². The zero-order valence-corrected chi connectivity index (χ0v) is 17.3. The molecule has 1 fully saturated rings. The van der Waals surface area contributed by atoms with Crippen molar-refractivity contribution in [2.75, 3.05) is 31.2 Å². The molecule has 8 heteroatoms. The van der Waals surface area contributed by atoms with Crippen LogP contribution in [-0.2, 0) is 16.4 Å². The Morgan fingerprint density at radius 2 is 2.07 bits per heavy atom. The number of aromatic nitrogens is 1. The van der Waals surface area contributed by atoms with Gasteiger partial charge in [-0.25, -0.2) is 12.7 Å². The Kier molecular flexibility index (Phi) is 5.44. The number of sulfonamides is 1. The van der Waals surface area contributed by atoms with Gasteiger partial charge in [-0.15, -0.1) is 0 Å². The second-order valence-electron chi connectivity index (χ2n) is 7.94. The van der Waals surface area contributed by atoms with Crippen molar-refractivity contribution in [1.29, 1.82) is 0 Å². The topological polar surface area (TPSA) is 78.7 Å². The summed E-state index contributed by atoms with van der Waals surface area (Å²) in [6.45, 7) is 6.32. The molecule has 1 aromatic heterocycles. The fraction of sp³-hybridized carbons (Fsp3) is 0.550. The Bertz CT molecular complexity index is 959. The van der Waals surface area contributed by atoms with E-state index in [-0.39, 0.29) is 5.25 Å². The smallest absolute Gasteiger partial charge is 0.216 e. The van der Waals surface area contributed by atoms with Crippen LogP contribution in [0.25, 0.3) is 11.0 Å². The van der Waals surface area contributed by atoms with E-state index in [1.807, 2.05) is 17.2 Å². The molecule has 2 aromatic rings. The molecule has 152 valence electrons. The highest BCUT2D eigenvalue weighted by Gasteiger charge is 2.30. The van der Waals surface area contributed by atoms with E-state index in [1.54, 1.807) is 18.2 Å². The minimum absolute atomic E-state index is 0.350. The second kappa shape index (κ2) is 7.85. The number of fused-ring (bicyclic) bond motifs is 1. The van der Waals surface area contributed by atoms with Crippen molar-refractivity contribution in [3.63, 3.8) is 0 Å².